The number of benzene rings is 1. The summed E-state index contributed by atoms with van der Waals surface area (Å²) in [6, 6.07) is 8.16. The number of hydrogen-bond donors (Lipinski definition) is 3. The van der Waals surface area contributed by atoms with E-state index < -0.39 is 10.0 Å². The summed E-state index contributed by atoms with van der Waals surface area (Å²) in [5.41, 5.74) is 8.31. The van der Waals surface area contributed by atoms with E-state index in [1.54, 1.807) is 18.3 Å². The normalized spacial score (nSPS) is 11.3. The molecule has 0 aliphatic carbocycles. The van der Waals surface area contributed by atoms with Crippen LogP contribution in [0.1, 0.15) is 11.1 Å². The van der Waals surface area contributed by atoms with Crippen LogP contribution in [-0.4, -0.2) is 13.4 Å². The second kappa shape index (κ2) is 5.48. The number of rotatable bonds is 4. The maximum Gasteiger partial charge on any atom is 0.238 e. The van der Waals surface area contributed by atoms with Crippen molar-refractivity contribution in [3.63, 3.8) is 0 Å². The highest BCUT2D eigenvalue weighted by Gasteiger charge is 2.07. The van der Waals surface area contributed by atoms with Crippen LogP contribution in [0.3, 0.4) is 0 Å². The Morgan fingerprint density at radius 1 is 1.25 bits per heavy atom. The van der Waals surface area contributed by atoms with Crippen LogP contribution in [0.25, 0.3) is 0 Å². The van der Waals surface area contributed by atoms with Gasteiger partial charge in [-0.2, -0.15) is 0 Å². The van der Waals surface area contributed by atoms with Crippen molar-refractivity contribution in [1.82, 2.24) is 4.98 Å². The number of anilines is 2. The van der Waals surface area contributed by atoms with Crippen molar-refractivity contribution in [2.45, 2.75) is 18.4 Å². The van der Waals surface area contributed by atoms with Crippen LogP contribution >= 0.6 is 0 Å². The third kappa shape index (κ3) is 3.46. The number of nitrogens with one attached hydrogen (secondary N) is 1. The molecule has 0 aliphatic rings. The van der Waals surface area contributed by atoms with Gasteiger partial charge >= 0.3 is 0 Å². The molecule has 6 nitrogen and oxygen atoms in total. The number of aromatic nitrogens is 1. The largest absolute Gasteiger partial charge is 0.396 e. The second-order valence-corrected chi connectivity index (χ2v) is 6.05. The van der Waals surface area contributed by atoms with Gasteiger partial charge in [-0.15, -0.1) is 0 Å². The van der Waals surface area contributed by atoms with Crippen molar-refractivity contribution in [2.75, 3.05) is 11.1 Å². The molecule has 5 N–H and O–H groups in total. The molecule has 0 spiro atoms. The molecule has 0 radical (unpaired) electrons. The summed E-state index contributed by atoms with van der Waals surface area (Å²) in [5.74, 6) is 0.603. The number of nitrogens with zero attached hydrogens (tertiary/aromatic N) is 1. The Labute approximate surface area is 117 Å². The number of nitrogens with two attached hydrogens (primary N) is 2. The molecule has 1 aromatic heterocycles. The molecule has 7 heteroatoms. The van der Waals surface area contributed by atoms with Crippen molar-refractivity contribution >= 4 is 21.5 Å². The third-order valence-electron chi connectivity index (χ3n) is 2.77. The average molecular weight is 292 g/mol. The maximum atomic E-state index is 11.1. The lowest BCUT2D eigenvalue weighted by molar-refractivity contribution is 0.598. The van der Waals surface area contributed by atoms with Gasteiger partial charge in [-0.3, -0.25) is 0 Å². The molecule has 1 heterocycles. The number of hydrogen-bond acceptors (Lipinski definition) is 5. The van der Waals surface area contributed by atoms with Gasteiger partial charge in [-0.05, 0) is 36.2 Å². The molecule has 0 saturated heterocycles. The monoisotopic (exact) mass is 292 g/mol. The zero-order valence-electron chi connectivity index (χ0n) is 11.0. The zero-order valence-corrected chi connectivity index (χ0v) is 11.8. The summed E-state index contributed by atoms with van der Waals surface area (Å²) >= 11 is 0. The number of aryl methyl sites for hydroxylation is 1. The first-order valence-electron chi connectivity index (χ1n) is 5.94. The van der Waals surface area contributed by atoms with Crippen LogP contribution < -0.4 is 16.2 Å². The Bertz CT molecular complexity index is 712. The van der Waals surface area contributed by atoms with Gasteiger partial charge in [0.2, 0.25) is 10.0 Å². The van der Waals surface area contributed by atoms with Gasteiger partial charge in [-0.25, -0.2) is 18.5 Å². The highest BCUT2D eigenvalue weighted by Crippen LogP contribution is 2.17. The van der Waals surface area contributed by atoms with E-state index >= 15 is 0 Å². The van der Waals surface area contributed by atoms with Gasteiger partial charge in [0.15, 0.2) is 0 Å². The SMILES string of the molecule is Cc1cnc(NCc2ccc(S(N)(=O)=O)cc2)c(N)c1. The van der Waals surface area contributed by atoms with Gasteiger partial charge in [0.05, 0.1) is 10.6 Å². The standard InChI is InChI=1S/C13H16N4O2S/c1-9-6-12(14)13(16-7-9)17-8-10-2-4-11(5-3-10)20(15,18)19/h2-7H,8,14H2,1H3,(H,16,17)(H2,15,18,19). The first kappa shape index (κ1) is 14.3. The Balaban J connectivity index is 2.08. The summed E-state index contributed by atoms with van der Waals surface area (Å²) in [5, 5.41) is 8.13. The predicted molar refractivity (Wildman–Crippen MR) is 78.5 cm³/mol. The van der Waals surface area contributed by atoms with Crippen LogP contribution in [0, 0.1) is 6.92 Å². The van der Waals surface area contributed by atoms with E-state index in [-0.39, 0.29) is 4.90 Å². The van der Waals surface area contributed by atoms with Gasteiger partial charge in [-0.1, -0.05) is 12.1 Å². The summed E-state index contributed by atoms with van der Waals surface area (Å²) in [4.78, 5) is 4.29. The van der Waals surface area contributed by atoms with E-state index in [9.17, 15) is 8.42 Å². The molecule has 2 aromatic rings. The van der Waals surface area contributed by atoms with E-state index in [1.165, 1.54) is 12.1 Å². The molecule has 0 aliphatic heterocycles. The smallest absolute Gasteiger partial charge is 0.238 e. The molecule has 20 heavy (non-hydrogen) atoms. The van der Waals surface area contributed by atoms with Crippen LogP contribution in [0.4, 0.5) is 11.5 Å². The van der Waals surface area contributed by atoms with E-state index in [1.807, 2.05) is 13.0 Å². The van der Waals surface area contributed by atoms with Crippen molar-refractivity contribution in [2.24, 2.45) is 5.14 Å². The minimum absolute atomic E-state index is 0.0919. The molecule has 0 amide bonds. The lowest BCUT2D eigenvalue weighted by atomic mass is 10.2. The molecule has 0 unspecified atom stereocenters. The predicted octanol–water partition coefficient (Wildman–Crippen LogP) is 1.23. The fourth-order valence-electron chi connectivity index (χ4n) is 1.72. The van der Waals surface area contributed by atoms with Gasteiger partial charge in [0, 0.05) is 12.7 Å². The first-order chi connectivity index (χ1) is 9.36. The molecule has 0 bridgehead atoms. The van der Waals surface area contributed by atoms with E-state index in [2.05, 4.69) is 10.3 Å². The van der Waals surface area contributed by atoms with Crippen LogP contribution in [0.15, 0.2) is 41.4 Å². The zero-order chi connectivity index (χ0) is 14.8. The Kier molecular flexibility index (Phi) is 3.91. The van der Waals surface area contributed by atoms with Crippen LogP contribution in [0.5, 0.6) is 0 Å². The van der Waals surface area contributed by atoms with E-state index in [0.29, 0.717) is 18.1 Å². The lowest BCUT2D eigenvalue weighted by Gasteiger charge is -2.09. The molecule has 0 atom stereocenters. The van der Waals surface area contributed by atoms with Crippen LogP contribution in [0.2, 0.25) is 0 Å². The number of sulfonamides is 1. The molecule has 1 aromatic carbocycles. The lowest BCUT2D eigenvalue weighted by Crippen LogP contribution is -2.12. The molecule has 106 valence electrons. The Morgan fingerprint density at radius 3 is 2.45 bits per heavy atom. The first-order valence-corrected chi connectivity index (χ1v) is 7.48. The van der Waals surface area contributed by atoms with E-state index in [0.717, 1.165) is 11.1 Å². The quantitative estimate of drug-likeness (QED) is 0.785. The van der Waals surface area contributed by atoms with Gasteiger partial charge < -0.3 is 11.1 Å². The number of nitrogen functional groups attached to an aromatic ring is 1. The molecule has 2 rings (SSSR count). The summed E-state index contributed by atoms with van der Waals surface area (Å²) < 4.78 is 22.3. The third-order valence-corrected chi connectivity index (χ3v) is 3.69. The fraction of sp³-hybridized carbons (Fsp3) is 0.154. The number of primary sulfonamides is 1. The highest BCUT2D eigenvalue weighted by molar-refractivity contribution is 7.89. The van der Waals surface area contributed by atoms with Crippen molar-refractivity contribution in [1.29, 1.82) is 0 Å². The molecule has 0 fully saturated rings. The van der Waals surface area contributed by atoms with Crippen molar-refractivity contribution < 1.29 is 8.42 Å². The van der Waals surface area contributed by atoms with Crippen LogP contribution in [-0.2, 0) is 16.6 Å². The van der Waals surface area contributed by atoms with Crippen molar-refractivity contribution in [3.8, 4) is 0 Å². The Morgan fingerprint density at radius 2 is 1.90 bits per heavy atom. The highest BCUT2D eigenvalue weighted by atomic mass is 32.2. The number of pyridine rings is 1. The summed E-state index contributed by atoms with van der Waals surface area (Å²) in [6.07, 6.45) is 1.72. The average Bonchev–Trinajstić information content (AvgIpc) is 2.37. The molecular formula is C13H16N4O2S. The molecule has 0 saturated carbocycles. The van der Waals surface area contributed by atoms with E-state index in [4.69, 9.17) is 10.9 Å². The van der Waals surface area contributed by atoms with Gasteiger partial charge in [0.1, 0.15) is 5.82 Å². The Hall–Kier alpha value is -2.12. The summed E-state index contributed by atoms with van der Waals surface area (Å²) in [6.45, 7) is 2.41. The van der Waals surface area contributed by atoms with Crippen molar-refractivity contribution in [3.05, 3.63) is 47.7 Å². The topological polar surface area (TPSA) is 111 Å². The maximum absolute atomic E-state index is 11.1. The summed E-state index contributed by atoms with van der Waals surface area (Å²) in [7, 11) is -3.65. The second-order valence-electron chi connectivity index (χ2n) is 4.49. The fourth-order valence-corrected chi connectivity index (χ4v) is 2.24. The molecular weight excluding hydrogens is 276 g/mol. The van der Waals surface area contributed by atoms with Gasteiger partial charge in [0.25, 0.3) is 0 Å². The minimum Gasteiger partial charge on any atom is -0.396 e. The minimum atomic E-state index is -3.65.